The fourth-order valence-electron chi connectivity index (χ4n) is 6.68. The van der Waals surface area contributed by atoms with E-state index in [-0.39, 0.29) is 5.92 Å². The average molecular weight is 614 g/mol. The first-order valence-corrected chi connectivity index (χ1v) is 16.3. The minimum absolute atomic E-state index is 0.0998. The van der Waals surface area contributed by atoms with Gasteiger partial charge in [0.15, 0.2) is 11.6 Å². The molecule has 0 N–H and O–H groups in total. The summed E-state index contributed by atoms with van der Waals surface area (Å²) in [5.41, 5.74) is 4.35. The van der Waals surface area contributed by atoms with Crippen molar-refractivity contribution < 1.29 is 9.31 Å². The van der Waals surface area contributed by atoms with E-state index in [0.29, 0.717) is 11.6 Å². The Morgan fingerprint density at radius 3 is 1.77 bits per heavy atom. The molecule has 1 aliphatic heterocycles. The van der Waals surface area contributed by atoms with Crippen molar-refractivity contribution in [1.82, 2.24) is 15.0 Å². The Bertz CT molecular complexity index is 2130. The Labute approximate surface area is 276 Å². The van der Waals surface area contributed by atoms with Gasteiger partial charge in [0.05, 0.1) is 11.2 Å². The molecule has 5 nitrogen and oxygen atoms in total. The maximum Gasteiger partial charge on any atom is 0.496 e. The number of benzene rings is 5. The van der Waals surface area contributed by atoms with Crippen molar-refractivity contribution in [1.29, 1.82) is 0 Å². The van der Waals surface area contributed by atoms with Gasteiger partial charge < -0.3 is 9.31 Å². The van der Waals surface area contributed by atoms with Crippen molar-refractivity contribution in [2.75, 3.05) is 0 Å². The van der Waals surface area contributed by atoms with Gasteiger partial charge in [-0.1, -0.05) is 121 Å². The summed E-state index contributed by atoms with van der Waals surface area (Å²) in [5.74, 6) is 2.23. The van der Waals surface area contributed by atoms with Crippen molar-refractivity contribution >= 4 is 34.1 Å². The molecular weight excluding hydrogens is 577 g/mol. The first-order valence-electron chi connectivity index (χ1n) is 16.3. The predicted octanol–water partition coefficient (Wildman–Crippen LogP) is 9.08. The van der Waals surface area contributed by atoms with Crippen LogP contribution in [-0.4, -0.2) is 33.3 Å². The highest BCUT2D eigenvalue weighted by molar-refractivity contribution is 6.69. The normalized spacial score (nSPS) is 18.3. The zero-order chi connectivity index (χ0) is 32.2. The first-order chi connectivity index (χ1) is 22.8. The third-order valence-corrected chi connectivity index (χ3v) is 9.87. The highest BCUT2D eigenvalue weighted by Crippen LogP contribution is 2.41. The molecule has 0 spiro atoms. The molecule has 47 heavy (non-hydrogen) atoms. The Morgan fingerprint density at radius 1 is 0.596 bits per heavy atom. The van der Waals surface area contributed by atoms with Gasteiger partial charge in [0.1, 0.15) is 5.82 Å². The molecule has 1 aromatic heterocycles. The molecule has 0 saturated carbocycles. The van der Waals surface area contributed by atoms with E-state index in [1.807, 2.05) is 18.2 Å². The van der Waals surface area contributed by atoms with Crippen LogP contribution in [0.4, 0.5) is 0 Å². The van der Waals surface area contributed by atoms with Crippen LogP contribution in [0.2, 0.25) is 0 Å². The number of fused-ring (bicyclic) bond motifs is 2. The van der Waals surface area contributed by atoms with Crippen molar-refractivity contribution in [3.05, 3.63) is 133 Å². The van der Waals surface area contributed by atoms with E-state index < -0.39 is 18.3 Å². The summed E-state index contributed by atoms with van der Waals surface area (Å²) in [7, 11) is -0.487. The highest BCUT2D eigenvalue weighted by Gasteiger charge is 2.52. The van der Waals surface area contributed by atoms with Gasteiger partial charge in [-0.05, 0) is 78.3 Å². The Kier molecular flexibility index (Phi) is 7.16. The third kappa shape index (κ3) is 5.18. The van der Waals surface area contributed by atoms with Crippen LogP contribution >= 0.6 is 0 Å². The first kappa shape index (κ1) is 29.5. The van der Waals surface area contributed by atoms with E-state index in [0.717, 1.165) is 61.5 Å². The van der Waals surface area contributed by atoms with Gasteiger partial charge in [0.25, 0.3) is 0 Å². The Morgan fingerprint density at radius 2 is 1.15 bits per heavy atom. The SMILES string of the molecule is CC1(C)OB(c2c3ccccc3c(-c3cccc(-c4nc(-c5ccccc5)nc(C5C=CC=CC5)n4)c3)c3ccccc23)OC1(C)C. The van der Waals surface area contributed by atoms with Crippen LogP contribution in [0.25, 0.3) is 55.4 Å². The smallest absolute Gasteiger partial charge is 0.399 e. The van der Waals surface area contributed by atoms with Crippen LogP contribution in [0.3, 0.4) is 0 Å². The quantitative estimate of drug-likeness (QED) is 0.143. The molecule has 1 atom stereocenters. The van der Waals surface area contributed by atoms with Gasteiger partial charge in [-0.2, -0.15) is 0 Å². The van der Waals surface area contributed by atoms with Gasteiger partial charge in [-0.15, -0.1) is 0 Å². The molecular formula is C41H36BN3O2. The van der Waals surface area contributed by atoms with E-state index in [1.54, 1.807) is 0 Å². The molecule has 2 aliphatic rings. The second-order valence-corrected chi connectivity index (χ2v) is 13.4. The topological polar surface area (TPSA) is 57.1 Å². The second-order valence-electron chi connectivity index (χ2n) is 13.4. The fourth-order valence-corrected chi connectivity index (χ4v) is 6.68. The number of hydrogen-bond acceptors (Lipinski definition) is 5. The lowest BCUT2D eigenvalue weighted by Gasteiger charge is -2.32. The van der Waals surface area contributed by atoms with Crippen LogP contribution in [0.15, 0.2) is 127 Å². The fraction of sp³-hybridized carbons (Fsp3) is 0.195. The van der Waals surface area contributed by atoms with Gasteiger partial charge in [0, 0.05) is 17.0 Å². The monoisotopic (exact) mass is 613 g/mol. The highest BCUT2D eigenvalue weighted by atomic mass is 16.7. The number of hydrogen-bond donors (Lipinski definition) is 0. The van der Waals surface area contributed by atoms with Crippen LogP contribution in [0.5, 0.6) is 0 Å². The van der Waals surface area contributed by atoms with Gasteiger partial charge in [-0.25, -0.2) is 15.0 Å². The van der Waals surface area contributed by atoms with Crippen LogP contribution < -0.4 is 5.46 Å². The van der Waals surface area contributed by atoms with Crippen LogP contribution in [0.1, 0.15) is 45.9 Å². The lowest BCUT2D eigenvalue weighted by atomic mass is 9.71. The van der Waals surface area contributed by atoms with Crippen molar-refractivity contribution in [2.24, 2.45) is 0 Å². The van der Waals surface area contributed by atoms with Crippen molar-refractivity contribution in [3.8, 4) is 33.9 Å². The molecule has 5 aromatic carbocycles. The average Bonchev–Trinajstić information content (AvgIpc) is 3.33. The minimum atomic E-state index is -0.487. The summed E-state index contributed by atoms with van der Waals surface area (Å²) in [6.45, 7) is 8.42. The summed E-state index contributed by atoms with van der Waals surface area (Å²) in [6.07, 6.45) is 9.35. The number of rotatable bonds is 5. The van der Waals surface area contributed by atoms with E-state index in [1.165, 1.54) is 0 Å². The lowest BCUT2D eigenvalue weighted by molar-refractivity contribution is 0.00578. The molecule has 1 unspecified atom stereocenters. The molecule has 1 aliphatic carbocycles. The van der Waals surface area contributed by atoms with Crippen LogP contribution in [0, 0.1) is 0 Å². The summed E-state index contributed by atoms with van der Waals surface area (Å²) in [6, 6.07) is 35.9. The van der Waals surface area contributed by atoms with Crippen LogP contribution in [-0.2, 0) is 9.31 Å². The number of nitrogens with zero attached hydrogens (tertiary/aromatic N) is 3. The van der Waals surface area contributed by atoms with Crippen molar-refractivity contribution in [2.45, 2.75) is 51.2 Å². The third-order valence-electron chi connectivity index (χ3n) is 9.87. The molecule has 1 fully saturated rings. The molecule has 8 rings (SSSR count). The lowest BCUT2D eigenvalue weighted by Crippen LogP contribution is -2.41. The standard InChI is InChI=1S/C41H36BN3O2/c1-40(2)41(3,4)47-42(46-40)36-33-24-13-11-22-31(33)35(32-23-12-14-25-34(32)36)29-20-15-21-30(26-29)39-44-37(27-16-7-5-8-17-27)43-38(45-39)28-18-9-6-10-19-28/h5-18,20-26,28H,19H2,1-4H3. The Hall–Kier alpha value is -4.91. The van der Waals surface area contributed by atoms with E-state index in [9.17, 15) is 0 Å². The zero-order valence-corrected chi connectivity index (χ0v) is 27.1. The molecule has 6 aromatic rings. The summed E-state index contributed by atoms with van der Waals surface area (Å²) in [4.78, 5) is 15.0. The number of aromatic nitrogens is 3. The maximum absolute atomic E-state index is 6.64. The molecule has 0 amide bonds. The molecule has 230 valence electrons. The Balaban J connectivity index is 1.31. The van der Waals surface area contributed by atoms with Gasteiger partial charge in [-0.3, -0.25) is 0 Å². The second kappa shape index (κ2) is 11.4. The summed E-state index contributed by atoms with van der Waals surface area (Å²) >= 11 is 0. The van der Waals surface area contributed by atoms with Crippen molar-refractivity contribution in [3.63, 3.8) is 0 Å². The minimum Gasteiger partial charge on any atom is -0.399 e. The van der Waals surface area contributed by atoms with E-state index >= 15 is 0 Å². The largest absolute Gasteiger partial charge is 0.496 e. The zero-order valence-electron chi connectivity index (χ0n) is 27.1. The molecule has 1 saturated heterocycles. The molecule has 0 bridgehead atoms. The molecule has 2 heterocycles. The maximum atomic E-state index is 6.64. The van der Waals surface area contributed by atoms with Gasteiger partial charge in [0.2, 0.25) is 0 Å². The predicted molar refractivity (Wildman–Crippen MR) is 193 cm³/mol. The van der Waals surface area contributed by atoms with E-state index in [2.05, 4.69) is 137 Å². The van der Waals surface area contributed by atoms with E-state index in [4.69, 9.17) is 24.3 Å². The molecule has 0 radical (unpaired) electrons. The summed E-state index contributed by atoms with van der Waals surface area (Å²) < 4.78 is 13.3. The molecule has 6 heteroatoms. The number of allylic oxidation sites excluding steroid dienone is 4. The summed E-state index contributed by atoms with van der Waals surface area (Å²) in [5, 5.41) is 4.54. The van der Waals surface area contributed by atoms with Gasteiger partial charge >= 0.3 is 7.12 Å².